The number of benzene rings is 1. The Morgan fingerprint density at radius 3 is 3.14 bits per heavy atom. The van der Waals surface area contributed by atoms with Crippen LogP contribution in [0.2, 0.25) is 0 Å². The van der Waals surface area contributed by atoms with Crippen molar-refractivity contribution >= 4 is 26.8 Å². The van der Waals surface area contributed by atoms with Gasteiger partial charge < -0.3 is 5.32 Å². The summed E-state index contributed by atoms with van der Waals surface area (Å²) < 4.78 is 1.11. The molecule has 0 spiro atoms. The molecule has 4 heteroatoms. The van der Waals surface area contributed by atoms with Gasteiger partial charge >= 0.3 is 0 Å². The lowest BCUT2D eigenvalue weighted by molar-refractivity contribution is 0.793. The molecule has 1 heterocycles. The summed E-state index contributed by atoms with van der Waals surface area (Å²) in [5, 5.41) is 11.4. The Morgan fingerprint density at radius 2 is 2.36 bits per heavy atom. The largest absolute Gasteiger partial charge is 0.319 e. The highest BCUT2D eigenvalue weighted by atomic mass is 79.9. The average Bonchev–Trinajstić information content (AvgIpc) is 2.61. The van der Waals surface area contributed by atoms with Gasteiger partial charge in [0.1, 0.15) is 0 Å². The molecular formula is C10H12BrN3. The number of aromatic amines is 1. The minimum atomic E-state index is 0.977. The van der Waals surface area contributed by atoms with Crippen LogP contribution in [0, 0.1) is 0 Å². The fraction of sp³-hybridized carbons (Fsp3) is 0.300. The zero-order valence-corrected chi connectivity index (χ0v) is 9.56. The Labute approximate surface area is 91.0 Å². The quantitative estimate of drug-likeness (QED) is 0.880. The van der Waals surface area contributed by atoms with Crippen molar-refractivity contribution in [3.63, 3.8) is 0 Å². The molecule has 0 radical (unpaired) electrons. The van der Waals surface area contributed by atoms with E-state index in [-0.39, 0.29) is 0 Å². The smallest absolute Gasteiger partial charge is 0.0683 e. The molecule has 0 amide bonds. The van der Waals surface area contributed by atoms with Gasteiger partial charge in [-0.15, -0.1) is 0 Å². The van der Waals surface area contributed by atoms with E-state index in [0.29, 0.717) is 0 Å². The lowest BCUT2D eigenvalue weighted by Gasteiger charge is -2.03. The summed E-state index contributed by atoms with van der Waals surface area (Å²) >= 11 is 3.50. The van der Waals surface area contributed by atoms with Crippen molar-refractivity contribution in [3.05, 3.63) is 28.4 Å². The second-order valence-corrected chi connectivity index (χ2v) is 4.17. The molecule has 1 aromatic heterocycles. The first kappa shape index (κ1) is 9.68. The van der Waals surface area contributed by atoms with Crippen LogP contribution in [0.3, 0.4) is 0 Å². The van der Waals surface area contributed by atoms with Gasteiger partial charge in [-0.25, -0.2) is 0 Å². The molecular weight excluding hydrogens is 242 g/mol. The maximum absolute atomic E-state index is 4.04. The Bertz CT molecular complexity index is 436. The molecule has 14 heavy (non-hydrogen) atoms. The molecule has 0 aliphatic rings. The van der Waals surface area contributed by atoms with Crippen LogP contribution >= 0.6 is 15.9 Å². The van der Waals surface area contributed by atoms with Crippen LogP contribution in [0.4, 0.5) is 0 Å². The van der Waals surface area contributed by atoms with Gasteiger partial charge in [-0.2, -0.15) is 5.10 Å². The summed E-state index contributed by atoms with van der Waals surface area (Å²) in [7, 11) is 1.96. The lowest BCUT2D eigenvalue weighted by atomic mass is 10.1. The Balaban J connectivity index is 2.44. The first-order valence-electron chi connectivity index (χ1n) is 4.57. The predicted molar refractivity (Wildman–Crippen MR) is 61.4 cm³/mol. The van der Waals surface area contributed by atoms with Crippen molar-refractivity contribution in [1.29, 1.82) is 0 Å². The molecule has 2 aromatic rings. The number of nitrogens with one attached hydrogen (secondary N) is 2. The zero-order valence-electron chi connectivity index (χ0n) is 7.97. The Kier molecular flexibility index (Phi) is 2.84. The highest BCUT2D eigenvalue weighted by Gasteiger charge is 2.04. The van der Waals surface area contributed by atoms with Gasteiger partial charge in [-0.05, 0) is 37.7 Å². The molecule has 1 aromatic carbocycles. The third kappa shape index (κ3) is 1.81. The highest BCUT2D eigenvalue weighted by Crippen LogP contribution is 2.22. The summed E-state index contributed by atoms with van der Waals surface area (Å²) in [6, 6.07) is 4.21. The zero-order chi connectivity index (χ0) is 9.97. The van der Waals surface area contributed by atoms with Gasteiger partial charge in [-0.1, -0.05) is 15.9 Å². The monoisotopic (exact) mass is 253 g/mol. The van der Waals surface area contributed by atoms with Crippen LogP contribution < -0.4 is 5.32 Å². The van der Waals surface area contributed by atoms with Crippen LogP contribution in [0.1, 0.15) is 5.56 Å². The Hall–Kier alpha value is -0.870. The second kappa shape index (κ2) is 4.11. The molecule has 0 bridgehead atoms. The minimum absolute atomic E-state index is 0.977. The van der Waals surface area contributed by atoms with E-state index in [1.54, 1.807) is 0 Å². The number of H-pyrrole nitrogens is 1. The molecule has 0 aliphatic carbocycles. The molecule has 0 saturated heterocycles. The summed E-state index contributed by atoms with van der Waals surface area (Å²) in [6.45, 7) is 0.977. The highest BCUT2D eigenvalue weighted by molar-refractivity contribution is 9.10. The van der Waals surface area contributed by atoms with Crippen LogP contribution in [0.5, 0.6) is 0 Å². The van der Waals surface area contributed by atoms with Gasteiger partial charge in [-0.3, -0.25) is 5.10 Å². The number of halogens is 1. The molecule has 0 fully saturated rings. The third-order valence-corrected chi connectivity index (χ3v) is 2.70. The van der Waals surface area contributed by atoms with E-state index in [0.717, 1.165) is 28.3 Å². The van der Waals surface area contributed by atoms with Crippen LogP contribution in [0.25, 0.3) is 10.9 Å². The average molecular weight is 254 g/mol. The van der Waals surface area contributed by atoms with Crippen molar-refractivity contribution < 1.29 is 0 Å². The van der Waals surface area contributed by atoms with Gasteiger partial charge in [0.2, 0.25) is 0 Å². The second-order valence-electron chi connectivity index (χ2n) is 3.25. The van der Waals surface area contributed by atoms with Crippen LogP contribution in [-0.2, 0) is 6.42 Å². The third-order valence-electron chi connectivity index (χ3n) is 2.24. The molecule has 0 unspecified atom stereocenters. The standard InChI is InChI=1S/C10H12BrN3/c1-12-3-2-7-4-9(11)5-8-6-13-14-10(7)8/h4-6,12H,2-3H2,1H3,(H,13,14). The lowest BCUT2D eigenvalue weighted by Crippen LogP contribution is -2.10. The number of rotatable bonds is 3. The molecule has 74 valence electrons. The first-order chi connectivity index (χ1) is 6.81. The van der Waals surface area contributed by atoms with E-state index >= 15 is 0 Å². The molecule has 2 N–H and O–H groups in total. The number of hydrogen-bond acceptors (Lipinski definition) is 2. The van der Waals surface area contributed by atoms with Crippen molar-refractivity contribution in [2.24, 2.45) is 0 Å². The van der Waals surface area contributed by atoms with Crippen molar-refractivity contribution in [3.8, 4) is 0 Å². The van der Waals surface area contributed by atoms with Crippen molar-refractivity contribution in [1.82, 2.24) is 15.5 Å². The summed E-state index contributed by atoms with van der Waals surface area (Å²) in [5.41, 5.74) is 2.43. The molecule has 3 nitrogen and oxygen atoms in total. The molecule has 2 rings (SSSR count). The van der Waals surface area contributed by atoms with Crippen molar-refractivity contribution in [2.75, 3.05) is 13.6 Å². The number of fused-ring (bicyclic) bond motifs is 1. The Morgan fingerprint density at radius 1 is 1.50 bits per heavy atom. The van der Waals surface area contributed by atoms with E-state index in [1.807, 2.05) is 13.2 Å². The predicted octanol–water partition coefficient (Wildman–Crippen LogP) is 2.09. The van der Waals surface area contributed by atoms with E-state index in [9.17, 15) is 0 Å². The van der Waals surface area contributed by atoms with Crippen molar-refractivity contribution in [2.45, 2.75) is 6.42 Å². The van der Waals surface area contributed by atoms with Gasteiger partial charge in [0.25, 0.3) is 0 Å². The van der Waals surface area contributed by atoms with Gasteiger partial charge in [0.05, 0.1) is 11.7 Å². The van der Waals surface area contributed by atoms with Gasteiger partial charge in [0, 0.05) is 9.86 Å². The van der Waals surface area contributed by atoms with E-state index in [1.165, 1.54) is 5.56 Å². The SMILES string of the molecule is CNCCc1cc(Br)cc2cn[nH]c12. The summed E-state index contributed by atoms with van der Waals surface area (Å²) in [4.78, 5) is 0. The summed E-state index contributed by atoms with van der Waals surface area (Å²) in [6.07, 6.45) is 2.86. The molecule has 0 saturated carbocycles. The fourth-order valence-electron chi connectivity index (χ4n) is 1.55. The van der Waals surface area contributed by atoms with Crippen LogP contribution in [-0.4, -0.2) is 23.8 Å². The van der Waals surface area contributed by atoms with Crippen LogP contribution in [0.15, 0.2) is 22.8 Å². The number of aromatic nitrogens is 2. The molecule has 0 atom stereocenters. The summed E-state index contributed by atoms with van der Waals surface area (Å²) in [5.74, 6) is 0. The number of hydrogen-bond donors (Lipinski definition) is 2. The number of likely N-dealkylation sites (N-methyl/N-ethyl adjacent to an activating group) is 1. The number of nitrogens with zero attached hydrogens (tertiary/aromatic N) is 1. The van der Waals surface area contributed by atoms with E-state index in [4.69, 9.17) is 0 Å². The fourth-order valence-corrected chi connectivity index (χ4v) is 2.07. The normalized spacial score (nSPS) is 11.0. The topological polar surface area (TPSA) is 40.7 Å². The van der Waals surface area contributed by atoms with E-state index < -0.39 is 0 Å². The van der Waals surface area contributed by atoms with E-state index in [2.05, 4.69) is 43.6 Å². The molecule has 0 aliphatic heterocycles. The minimum Gasteiger partial charge on any atom is -0.319 e. The maximum atomic E-state index is 4.04. The maximum Gasteiger partial charge on any atom is 0.0683 e. The van der Waals surface area contributed by atoms with Gasteiger partial charge in [0.15, 0.2) is 0 Å². The first-order valence-corrected chi connectivity index (χ1v) is 5.36.